The van der Waals surface area contributed by atoms with E-state index in [-0.39, 0.29) is 34.3 Å². The number of pyridine rings is 2. The summed E-state index contributed by atoms with van der Waals surface area (Å²) in [6.07, 6.45) is 0. The molecule has 0 saturated heterocycles. The number of fused-ring (bicyclic) bond motifs is 1. The number of nitrogen functional groups attached to an aromatic ring is 1. The van der Waals surface area contributed by atoms with Gasteiger partial charge in [-0.2, -0.15) is 5.26 Å². The summed E-state index contributed by atoms with van der Waals surface area (Å²) >= 11 is 5.95. The van der Waals surface area contributed by atoms with Crippen LogP contribution >= 0.6 is 11.6 Å². The van der Waals surface area contributed by atoms with E-state index in [2.05, 4.69) is 0 Å². The van der Waals surface area contributed by atoms with Crippen molar-refractivity contribution in [3.8, 4) is 17.3 Å². The smallest absolute Gasteiger partial charge is 0.270 e. The fourth-order valence-corrected chi connectivity index (χ4v) is 3.31. The lowest BCUT2D eigenvalue weighted by atomic mass is 10.0. The summed E-state index contributed by atoms with van der Waals surface area (Å²) in [6, 6.07) is 10.6. The maximum atomic E-state index is 13.1. The molecule has 0 saturated carbocycles. The second-order valence-corrected chi connectivity index (χ2v) is 6.23. The molecule has 3 rings (SSSR count). The zero-order chi connectivity index (χ0) is 19.0. The van der Waals surface area contributed by atoms with Crippen LogP contribution in [0, 0.1) is 11.3 Å². The SMILES string of the molecule is CCn1c(N)c2c(=O)n(CC)c(-c3ccc(Cl)cc3)cc2c(C#N)c1=O. The highest BCUT2D eigenvalue weighted by molar-refractivity contribution is 6.30. The average Bonchev–Trinajstić information content (AvgIpc) is 2.62. The number of nitriles is 1. The molecule has 132 valence electrons. The summed E-state index contributed by atoms with van der Waals surface area (Å²) < 4.78 is 2.83. The molecular formula is C19H17ClN4O2. The van der Waals surface area contributed by atoms with Crippen LogP contribution < -0.4 is 16.9 Å². The van der Waals surface area contributed by atoms with Crippen molar-refractivity contribution in [2.24, 2.45) is 0 Å². The van der Waals surface area contributed by atoms with Crippen molar-refractivity contribution in [2.75, 3.05) is 5.73 Å². The lowest BCUT2D eigenvalue weighted by molar-refractivity contribution is 0.728. The molecule has 0 radical (unpaired) electrons. The predicted molar refractivity (Wildman–Crippen MR) is 103 cm³/mol. The van der Waals surface area contributed by atoms with Crippen molar-refractivity contribution in [1.82, 2.24) is 9.13 Å². The molecule has 2 heterocycles. The molecular weight excluding hydrogens is 352 g/mol. The van der Waals surface area contributed by atoms with Gasteiger partial charge in [0.2, 0.25) is 0 Å². The molecule has 0 fully saturated rings. The maximum Gasteiger partial charge on any atom is 0.270 e. The van der Waals surface area contributed by atoms with Crippen LogP contribution in [-0.2, 0) is 13.1 Å². The van der Waals surface area contributed by atoms with Gasteiger partial charge in [0.15, 0.2) is 0 Å². The van der Waals surface area contributed by atoms with Gasteiger partial charge in [0.1, 0.15) is 17.5 Å². The van der Waals surface area contributed by atoms with Crippen LogP contribution in [0.15, 0.2) is 39.9 Å². The Morgan fingerprint density at radius 2 is 1.69 bits per heavy atom. The average molecular weight is 369 g/mol. The van der Waals surface area contributed by atoms with Crippen molar-refractivity contribution < 1.29 is 0 Å². The van der Waals surface area contributed by atoms with Crippen LogP contribution in [-0.4, -0.2) is 9.13 Å². The number of nitrogens with zero attached hydrogens (tertiary/aromatic N) is 3. The molecule has 0 atom stereocenters. The Labute approximate surface area is 154 Å². The van der Waals surface area contributed by atoms with Gasteiger partial charge in [-0.25, -0.2) is 0 Å². The third kappa shape index (κ3) is 2.57. The first-order valence-electron chi connectivity index (χ1n) is 8.20. The quantitative estimate of drug-likeness (QED) is 0.768. The number of hydrogen-bond acceptors (Lipinski definition) is 4. The van der Waals surface area contributed by atoms with Gasteiger partial charge in [-0.15, -0.1) is 0 Å². The van der Waals surface area contributed by atoms with Crippen molar-refractivity contribution in [1.29, 1.82) is 5.26 Å². The zero-order valence-corrected chi connectivity index (χ0v) is 15.2. The highest BCUT2D eigenvalue weighted by atomic mass is 35.5. The normalized spacial score (nSPS) is 10.8. The summed E-state index contributed by atoms with van der Waals surface area (Å²) in [5.74, 6) is 0.0846. The maximum absolute atomic E-state index is 13.1. The third-order valence-electron chi connectivity index (χ3n) is 4.46. The fraction of sp³-hybridized carbons (Fsp3) is 0.211. The number of benzene rings is 1. The van der Waals surface area contributed by atoms with Gasteiger partial charge in [0, 0.05) is 23.5 Å². The first-order valence-corrected chi connectivity index (χ1v) is 8.58. The Balaban J connectivity index is 2.55. The highest BCUT2D eigenvalue weighted by Crippen LogP contribution is 2.27. The first kappa shape index (κ1) is 17.8. The molecule has 1 aromatic carbocycles. The zero-order valence-electron chi connectivity index (χ0n) is 14.4. The number of halogens is 1. The minimum absolute atomic E-state index is 0.0772. The van der Waals surface area contributed by atoms with E-state index >= 15 is 0 Å². The van der Waals surface area contributed by atoms with Crippen molar-refractivity contribution in [3.63, 3.8) is 0 Å². The van der Waals surface area contributed by atoms with Gasteiger partial charge in [-0.3, -0.25) is 14.2 Å². The molecule has 0 unspecified atom stereocenters. The molecule has 0 amide bonds. The van der Waals surface area contributed by atoms with E-state index in [9.17, 15) is 14.9 Å². The van der Waals surface area contributed by atoms with Crippen LogP contribution in [0.4, 0.5) is 5.82 Å². The van der Waals surface area contributed by atoms with E-state index in [1.165, 1.54) is 4.57 Å². The minimum Gasteiger partial charge on any atom is -0.384 e. The van der Waals surface area contributed by atoms with Crippen molar-refractivity contribution in [2.45, 2.75) is 26.9 Å². The Kier molecular flexibility index (Phi) is 4.58. The number of aromatic nitrogens is 2. The Morgan fingerprint density at radius 1 is 1.08 bits per heavy atom. The van der Waals surface area contributed by atoms with Crippen LogP contribution in [0.2, 0.25) is 5.02 Å². The van der Waals surface area contributed by atoms with Crippen molar-refractivity contribution in [3.05, 3.63) is 61.6 Å². The summed E-state index contributed by atoms with van der Waals surface area (Å²) in [5, 5.41) is 10.6. The molecule has 0 aliphatic rings. The lowest BCUT2D eigenvalue weighted by Crippen LogP contribution is -2.30. The van der Waals surface area contributed by atoms with E-state index in [0.717, 1.165) is 5.56 Å². The molecule has 0 aliphatic heterocycles. The molecule has 2 aromatic heterocycles. The van der Waals surface area contributed by atoms with Crippen LogP contribution in [0.1, 0.15) is 19.4 Å². The molecule has 2 N–H and O–H groups in total. The molecule has 26 heavy (non-hydrogen) atoms. The standard InChI is InChI=1S/C19H17ClN4O2/c1-3-23-15(11-5-7-12(20)8-6-11)9-13-14(10-21)18(25)24(4-2)17(22)16(13)19(23)26/h5-9H,3-4,22H2,1-2H3. The highest BCUT2D eigenvalue weighted by Gasteiger charge is 2.20. The number of rotatable bonds is 3. The van der Waals surface area contributed by atoms with Gasteiger partial charge in [-0.1, -0.05) is 23.7 Å². The monoisotopic (exact) mass is 368 g/mol. The van der Waals surface area contributed by atoms with E-state index in [0.29, 0.717) is 17.3 Å². The van der Waals surface area contributed by atoms with Gasteiger partial charge in [0.25, 0.3) is 11.1 Å². The molecule has 7 heteroatoms. The molecule has 6 nitrogen and oxygen atoms in total. The Hall–Kier alpha value is -3.04. The molecule has 0 aliphatic carbocycles. The third-order valence-corrected chi connectivity index (χ3v) is 4.71. The van der Waals surface area contributed by atoms with Crippen LogP contribution in [0.5, 0.6) is 0 Å². The van der Waals surface area contributed by atoms with Crippen molar-refractivity contribution >= 4 is 28.2 Å². The van der Waals surface area contributed by atoms with Crippen LogP contribution in [0.3, 0.4) is 0 Å². The topological polar surface area (TPSA) is 93.8 Å². The largest absolute Gasteiger partial charge is 0.384 e. The first-order chi connectivity index (χ1) is 12.4. The van der Waals surface area contributed by atoms with Gasteiger partial charge >= 0.3 is 0 Å². The summed E-state index contributed by atoms with van der Waals surface area (Å²) in [7, 11) is 0. The fourth-order valence-electron chi connectivity index (χ4n) is 3.18. The summed E-state index contributed by atoms with van der Waals surface area (Å²) in [6.45, 7) is 4.29. The van der Waals surface area contributed by atoms with Gasteiger partial charge in [-0.05, 0) is 37.6 Å². The second kappa shape index (κ2) is 6.70. The number of hydrogen-bond donors (Lipinski definition) is 1. The number of anilines is 1. The Morgan fingerprint density at radius 3 is 2.23 bits per heavy atom. The molecule has 0 bridgehead atoms. The molecule has 0 spiro atoms. The van der Waals surface area contributed by atoms with Gasteiger partial charge < -0.3 is 10.3 Å². The van der Waals surface area contributed by atoms with E-state index in [1.54, 1.807) is 41.8 Å². The summed E-state index contributed by atoms with van der Waals surface area (Å²) in [5.41, 5.74) is 6.58. The van der Waals surface area contributed by atoms with Crippen LogP contribution in [0.25, 0.3) is 22.0 Å². The van der Waals surface area contributed by atoms with E-state index < -0.39 is 5.56 Å². The van der Waals surface area contributed by atoms with E-state index in [4.69, 9.17) is 17.3 Å². The van der Waals surface area contributed by atoms with E-state index in [1.807, 2.05) is 13.0 Å². The second-order valence-electron chi connectivity index (χ2n) is 5.80. The predicted octanol–water partition coefficient (Wildman–Crippen LogP) is 2.98. The molecule has 3 aromatic rings. The summed E-state index contributed by atoms with van der Waals surface area (Å²) in [4.78, 5) is 25.7. The Bertz CT molecular complexity index is 1170. The van der Waals surface area contributed by atoms with Gasteiger partial charge in [0.05, 0.1) is 11.1 Å². The minimum atomic E-state index is -0.490. The number of nitrogens with two attached hydrogens (primary N) is 1. The lowest BCUT2D eigenvalue weighted by Gasteiger charge is -2.17.